The Bertz CT molecular complexity index is 2610. The van der Waals surface area contributed by atoms with Crippen LogP contribution in [-0.4, -0.2) is 95.9 Å². The highest BCUT2D eigenvalue weighted by atomic mass is 31.2. The number of carbonyl (C=O) groups is 3. The van der Waals surface area contributed by atoms with Crippen LogP contribution in [-0.2, 0) is 55.8 Å². The predicted octanol–water partition coefficient (Wildman–Crippen LogP) is 25.8. The van der Waals surface area contributed by atoms with Gasteiger partial charge in [-0.05, 0) is 148 Å². The molecule has 0 aliphatic carbocycles. The van der Waals surface area contributed by atoms with Crippen LogP contribution in [0.3, 0.4) is 0 Å². The molecule has 0 bridgehead atoms. The largest absolute Gasteiger partial charge is 0.472 e. The topological polar surface area (TPSA) is 231 Å². The van der Waals surface area contributed by atoms with Crippen molar-refractivity contribution in [3.8, 4) is 0 Å². The predicted molar refractivity (Wildman–Crippen MR) is 454 cm³/mol. The van der Waals surface area contributed by atoms with Gasteiger partial charge in [0.15, 0.2) is 6.10 Å². The van der Waals surface area contributed by atoms with Crippen LogP contribution in [0.4, 0.5) is 0 Å². The minimum Gasteiger partial charge on any atom is -0.463 e. The van der Waals surface area contributed by atoms with Gasteiger partial charge in [0, 0.05) is 19.3 Å². The number of allylic oxidation sites excluding steroid dienone is 26. The van der Waals surface area contributed by atoms with Gasteiger partial charge >= 0.3 is 33.6 Å². The Labute approximate surface area is 663 Å². The number of phosphoric acid groups is 2. The first-order valence-corrected chi connectivity index (χ1v) is 45.8. The number of phosphoric ester groups is 2. The third kappa shape index (κ3) is 83.9. The molecule has 0 spiro atoms. The molecule has 0 aromatic carbocycles. The summed E-state index contributed by atoms with van der Waals surface area (Å²) in [5.74, 6) is -1.60. The molecule has 0 fully saturated rings. The first kappa shape index (κ1) is 104. The van der Waals surface area contributed by atoms with Crippen LogP contribution in [0.25, 0.3) is 0 Å². The fourth-order valence-corrected chi connectivity index (χ4v) is 12.9. The summed E-state index contributed by atoms with van der Waals surface area (Å²) in [5, 5.41) is 20.7. The van der Waals surface area contributed by atoms with Gasteiger partial charge < -0.3 is 34.2 Å². The summed E-state index contributed by atoms with van der Waals surface area (Å²) < 4.78 is 61.3. The maximum Gasteiger partial charge on any atom is 0.472 e. The Kier molecular flexibility index (Phi) is 79.0. The average Bonchev–Trinajstić information content (AvgIpc) is 0.906. The summed E-state index contributed by atoms with van der Waals surface area (Å²) in [6.45, 7) is 2.42. The monoisotopic (exact) mass is 1570 g/mol. The van der Waals surface area contributed by atoms with Crippen molar-refractivity contribution in [2.75, 3.05) is 39.6 Å². The normalized spacial score (nSPS) is 14.7. The molecule has 109 heavy (non-hydrogen) atoms. The van der Waals surface area contributed by atoms with Crippen LogP contribution < -0.4 is 0 Å². The third-order valence-electron chi connectivity index (χ3n) is 17.7. The smallest absolute Gasteiger partial charge is 0.463 e. The number of rotatable bonds is 80. The summed E-state index contributed by atoms with van der Waals surface area (Å²) in [6.07, 6.45) is 104. The number of aliphatic hydroxyl groups is 2. The number of hydrogen-bond donors (Lipinski definition) is 4. The molecule has 0 saturated heterocycles. The molecule has 0 aromatic heterocycles. The summed E-state index contributed by atoms with van der Waals surface area (Å²) >= 11 is 0. The average molecular weight is 1570 g/mol. The van der Waals surface area contributed by atoms with E-state index in [0.717, 1.165) is 180 Å². The molecule has 0 radical (unpaired) electrons. The highest BCUT2D eigenvalue weighted by Gasteiger charge is 2.29. The molecule has 624 valence electrons. The van der Waals surface area contributed by atoms with E-state index in [0.29, 0.717) is 19.3 Å². The lowest BCUT2D eigenvalue weighted by molar-refractivity contribution is -0.161. The lowest BCUT2D eigenvalue weighted by atomic mass is 10.0. The van der Waals surface area contributed by atoms with Gasteiger partial charge in [-0.1, -0.05) is 333 Å². The molecule has 0 aliphatic rings. The van der Waals surface area contributed by atoms with Crippen molar-refractivity contribution in [3.63, 3.8) is 0 Å². The minimum atomic E-state index is -4.95. The lowest BCUT2D eigenvalue weighted by Crippen LogP contribution is -2.30. The Hall–Kier alpha value is -4.83. The van der Waals surface area contributed by atoms with Gasteiger partial charge in [-0.3, -0.25) is 32.5 Å². The molecule has 5 unspecified atom stereocenters. The SMILES string of the molecule is CC/C=C\C/C=C\C/C=C\C/C=C\C/C=C\C/C=C\CCCCCCCCC(=O)OCC(COP(=O)(O)OCC(O)COP(=O)(O)OCC(O)COC(=O)CCCCCCCCCCCCCCCCC/C=C\C/C=C\C/C=C\C/C=C\CCCCC)OC(=O)CCCCCCCCC/C=C\C/C=C\C/C=C\CC. The number of ether oxygens (including phenoxy) is 3. The molecule has 0 rings (SSSR count). The fraction of sp³-hybridized carbons (Fsp3) is 0.681. The van der Waals surface area contributed by atoms with E-state index < -0.39 is 91.5 Å². The summed E-state index contributed by atoms with van der Waals surface area (Å²) in [6, 6.07) is 0. The van der Waals surface area contributed by atoms with E-state index in [1.807, 2.05) is 0 Å². The van der Waals surface area contributed by atoms with Crippen molar-refractivity contribution in [2.24, 2.45) is 0 Å². The summed E-state index contributed by atoms with van der Waals surface area (Å²) in [7, 11) is -9.81. The zero-order valence-corrected chi connectivity index (χ0v) is 70.2. The zero-order valence-electron chi connectivity index (χ0n) is 68.4. The van der Waals surface area contributed by atoms with Gasteiger partial charge in [0.1, 0.15) is 25.4 Å². The van der Waals surface area contributed by atoms with Crippen molar-refractivity contribution in [1.82, 2.24) is 0 Å². The van der Waals surface area contributed by atoms with Crippen LogP contribution in [0, 0.1) is 0 Å². The van der Waals surface area contributed by atoms with Crippen molar-refractivity contribution in [1.29, 1.82) is 0 Å². The Morgan fingerprint density at radius 2 is 0.486 bits per heavy atom. The minimum absolute atomic E-state index is 0.0851. The van der Waals surface area contributed by atoms with E-state index in [2.05, 4.69) is 179 Å². The fourth-order valence-electron chi connectivity index (χ4n) is 11.3. The van der Waals surface area contributed by atoms with Crippen molar-refractivity contribution < 1.29 is 75.8 Å². The maximum atomic E-state index is 13.0. The number of carbonyl (C=O) groups excluding carboxylic acids is 3. The molecule has 16 nitrogen and oxygen atoms in total. The number of aliphatic hydroxyl groups excluding tert-OH is 2. The lowest BCUT2D eigenvalue weighted by Gasteiger charge is -2.21. The van der Waals surface area contributed by atoms with Gasteiger partial charge in [0.2, 0.25) is 0 Å². The van der Waals surface area contributed by atoms with E-state index in [9.17, 15) is 43.5 Å². The summed E-state index contributed by atoms with van der Waals surface area (Å²) in [5.41, 5.74) is 0. The van der Waals surface area contributed by atoms with Gasteiger partial charge in [0.05, 0.1) is 26.4 Å². The first-order chi connectivity index (χ1) is 53.2. The van der Waals surface area contributed by atoms with Gasteiger partial charge in [-0.2, -0.15) is 0 Å². The van der Waals surface area contributed by atoms with Crippen LogP contribution in [0.5, 0.6) is 0 Å². The van der Waals surface area contributed by atoms with Crippen LogP contribution in [0.15, 0.2) is 158 Å². The molecule has 18 heteroatoms. The first-order valence-electron chi connectivity index (χ1n) is 42.8. The third-order valence-corrected chi connectivity index (χ3v) is 19.6. The van der Waals surface area contributed by atoms with Crippen molar-refractivity contribution in [2.45, 2.75) is 360 Å². The van der Waals surface area contributed by atoms with E-state index >= 15 is 0 Å². The van der Waals surface area contributed by atoms with Crippen LogP contribution in [0.1, 0.15) is 342 Å². The highest BCUT2D eigenvalue weighted by molar-refractivity contribution is 7.47. The Morgan fingerprint density at radius 3 is 0.771 bits per heavy atom. The standard InChI is InChI=1S/C91H154O16P2/c1-4-7-10-13-16-19-22-25-28-31-33-35-37-39-40-41-42-43-44-46-48-49-51-54-56-59-62-65-68-71-74-77-89(94)101-80-86(92)81-103-108(97,98)104-82-87(93)83-105-109(99,100)106-85-88(107-91(96)79-76-73-70-67-64-61-58-53-30-27-24-21-18-15-12-9-6-3)84-102-90(95)78-75-72-69-66-63-60-57-55-52-50-47-45-38-36-34-32-29-26-23-20-17-14-11-8-5-2/h8-9,11-12,16-21,25-30,33-36,39-40,45,47,52,55,86-88,92-93H,4-7,10,13-15,22-24,31-32,37-38,41-44,46,48-51,53-54,56-85H2,1-3H3,(H,97,98)(H,99,100)/b11-8-,12-9-,19-16-,20-17-,21-18-,28-25-,29-26-,30-27-,35-33-,36-34-,40-39-,47-45-,55-52-. The Morgan fingerprint density at radius 1 is 0.266 bits per heavy atom. The summed E-state index contributed by atoms with van der Waals surface area (Å²) in [4.78, 5) is 58.8. The molecule has 4 N–H and O–H groups in total. The quantitative estimate of drug-likeness (QED) is 0.0146. The van der Waals surface area contributed by atoms with E-state index in [-0.39, 0.29) is 19.3 Å². The second-order valence-corrected chi connectivity index (χ2v) is 31.1. The number of unbranched alkanes of at least 4 members (excludes halogenated alkanes) is 31. The van der Waals surface area contributed by atoms with Crippen LogP contribution in [0.2, 0.25) is 0 Å². The number of hydrogen-bond acceptors (Lipinski definition) is 14. The molecule has 5 atom stereocenters. The van der Waals surface area contributed by atoms with Gasteiger partial charge in [0.25, 0.3) is 0 Å². The van der Waals surface area contributed by atoms with Crippen molar-refractivity contribution in [3.05, 3.63) is 158 Å². The highest BCUT2D eigenvalue weighted by Crippen LogP contribution is 2.45. The molecule has 0 heterocycles. The van der Waals surface area contributed by atoms with E-state index in [1.54, 1.807) is 0 Å². The Balaban J connectivity index is 4.56. The second kappa shape index (κ2) is 82.6. The molecular formula is C91H154O16P2. The molecular weight excluding hydrogens is 1410 g/mol. The number of esters is 3. The van der Waals surface area contributed by atoms with E-state index in [1.165, 1.54) is 103 Å². The van der Waals surface area contributed by atoms with E-state index in [4.69, 9.17) is 32.3 Å². The second-order valence-electron chi connectivity index (χ2n) is 28.2. The van der Waals surface area contributed by atoms with Gasteiger partial charge in [-0.15, -0.1) is 0 Å². The molecule has 0 amide bonds. The van der Waals surface area contributed by atoms with Crippen LogP contribution >= 0.6 is 15.6 Å². The van der Waals surface area contributed by atoms with Crippen molar-refractivity contribution >= 4 is 33.6 Å². The molecule has 0 aromatic rings. The maximum absolute atomic E-state index is 13.0. The molecule has 0 aliphatic heterocycles. The molecule has 0 saturated carbocycles. The zero-order chi connectivity index (χ0) is 79.4. The van der Waals surface area contributed by atoms with Gasteiger partial charge in [-0.25, -0.2) is 9.13 Å².